The molecule has 0 amide bonds. The molecule has 0 spiro atoms. The van der Waals surface area contributed by atoms with E-state index in [1.165, 1.54) is 77.0 Å². The van der Waals surface area contributed by atoms with Crippen LogP contribution in [-0.2, 0) is 18.9 Å². The van der Waals surface area contributed by atoms with Crippen molar-refractivity contribution in [3.05, 3.63) is 12.3 Å². The van der Waals surface area contributed by atoms with Gasteiger partial charge in [-0.15, -0.1) is 0 Å². The van der Waals surface area contributed by atoms with Gasteiger partial charge in [-0.2, -0.15) is 0 Å². The largest absolute Gasteiger partial charge is 0.475 e. The molecule has 0 bridgehead atoms. The highest BCUT2D eigenvalue weighted by Gasteiger charge is 2.06. The molecule has 0 aliphatic rings. The fourth-order valence-corrected chi connectivity index (χ4v) is 3.31. The Kier molecular flexibility index (Phi) is 24.9. The molecule has 0 atom stereocenters. The quantitative estimate of drug-likeness (QED) is 0.0918. The number of unbranched alkanes of at least 4 members (excludes halogenated alkanes) is 12. The maximum absolute atomic E-state index is 5.58. The Bertz CT molecular complexity index is 314. The topological polar surface area (TPSA) is 36.9 Å². The number of hydrogen-bond acceptors (Lipinski definition) is 4. The van der Waals surface area contributed by atoms with Gasteiger partial charge in [-0.3, -0.25) is 0 Å². The van der Waals surface area contributed by atoms with Crippen molar-refractivity contribution in [2.75, 3.05) is 26.6 Å². The molecule has 4 heteroatoms. The van der Waals surface area contributed by atoms with Crippen LogP contribution in [0.3, 0.4) is 0 Å². The van der Waals surface area contributed by atoms with Crippen LogP contribution < -0.4 is 0 Å². The number of rotatable bonds is 24. The van der Waals surface area contributed by atoms with E-state index in [9.17, 15) is 0 Å². The maximum Gasteiger partial charge on any atom is 0.188 e. The predicted octanol–water partition coefficient (Wildman–Crippen LogP) is 7.76. The molecule has 0 aromatic heterocycles. The molecule has 0 rings (SSSR count). The second-order valence-corrected chi connectivity index (χ2v) is 7.72. The first-order valence-corrected chi connectivity index (χ1v) is 12.4. The van der Waals surface area contributed by atoms with Gasteiger partial charge in [0.25, 0.3) is 0 Å². The summed E-state index contributed by atoms with van der Waals surface area (Å²) in [7, 11) is 0. The third kappa shape index (κ3) is 23.6. The lowest BCUT2D eigenvalue weighted by molar-refractivity contribution is -0.140. The van der Waals surface area contributed by atoms with Crippen LogP contribution in [0.1, 0.15) is 117 Å². The van der Waals surface area contributed by atoms with Gasteiger partial charge >= 0.3 is 0 Å². The van der Waals surface area contributed by atoms with Crippen molar-refractivity contribution in [2.45, 2.75) is 123 Å². The molecular formula is C25H50O4. The summed E-state index contributed by atoms with van der Waals surface area (Å²) in [6.07, 6.45) is 22.9. The minimum atomic E-state index is 0.00697. The lowest BCUT2D eigenvalue weighted by Crippen LogP contribution is -2.17. The van der Waals surface area contributed by atoms with Gasteiger partial charge in [0, 0.05) is 13.2 Å². The van der Waals surface area contributed by atoms with Gasteiger partial charge in [0.15, 0.2) is 13.1 Å². The van der Waals surface area contributed by atoms with Crippen LogP contribution in [0.4, 0.5) is 0 Å². The molecule has 0 aromatic rings. The molecule has 0 saturated heterocycles. The summed E-state index contributed by atoms with van der Waals surface area (Å²) in [5, 5.41) is 0. The molecule has 174 valence electrons. The van der Waals surface area contributed by atoms with Crippen molar-refractivity contribution in [2.24, 2.45) is 0 Å². The van der Waals surface area contributed by atoms with E-state index in [0.717, 1.165) is 39.1 Å². The summed E-state index contributed by atoms with van der Waals surface area (Å²) in [5.41, 5.74) is 0. The first-order chi connectivity index (χ1) is 14.3. The molecule has 29 heavy (non-hydrogen) atoms. The Morgan fingerprint density at radius 3 is 1.86 bits per heavy atom. The van der Waals surface area contributed by atoms with Crippen LogP contribution >= 0.6 is 0 Å². The van der Waals surface area contributed by atoms with E-state index in [4.69, 9.17) is 18.9 Å². The van der Waals surface area contributed by atoms with Crippen LogP contribution in [0, 0.1) is 0 Å². The van der Waals surface area contributed by atoms with Crippen molar-refractivity contribution < 1.29 is 18.9 Å². The fourth-order valence-electron chi connectivity index (χ4n) is 3.31. The van der Waals surface area contributed by atoms with E-state index in [0.29, 0.717) is 6.79 Å². The zero-order valence-electron chi connectivity index (χ0n) is 19.8. The molecule has 0 aliphatic carbocycles. The average molecular weight is 415 g/mol. The molecule has 0 N–H and O–H groups in total. The van der Waals surface area contributed by atoms with E-state index in [2.05, 4.69) is 13.0 Å². The van der Waals surface area contributed by atoms with Crippen molar-refractivity contribution in [3.63, 3.8) is 0 Å². The normalized spacial score (nSPS) is 11.7. The standard InChI is InChI=1S/C25H50O4/c1-4-7-8-19-22-26-24-27-23-20-17-15-13-11-9-10-12-14-16-18-21-25(28-5-2)29-6-3/h20,23,25H,4-19,21-22,24H2,1-3H3. The maximum atomic E-state index is 5.58. The van der Waals surface area contributed by atoms with E-state index in [1.54, 1.807) is 6.26 Å². The van der Waals surface area contributed by atoms with Crippen LogP contribution in [0.2, 0.25) is 0 Å². The minimum Gasteiger partial charge on any atom is -0.475 e. The average Bonchev–Trinajstić information content (AvgIpc) is 2.72. The summed E-state index contributed by atoms with van der Waals surface area (Å²) in [5.74, 6) is 0. The second-order valence-electron chi connectivity index (χ2n) is 7.72. The van der Waals surface area contributed by atoms with Gasteiger partial charge < -0.3 is 18.9 Å². The molecule has 4 nitrogen and oxygen atoms in total. The van der Waals surface area contributed by atoms with E-state index < -0.39 is 0 Å². The Balaban J connectivity index is 3.19. The third-order valence-electron chi connectivity index (χ3n) is 5.00. The Morgan fingerprint density at radius 1 is 0.655 bits per heavy atom. The summed E-state index contributed by atoms with van der Waals surface area (Å²) < 4.78 is 22.0. The molecule has 0 aliphatic heterocycles. The number of hydrogen-bond donors (Lipinski definition) is 0. The first-order valence-electron chi connectivity index (χ1n) is 12.4. The zero-order valence-corrected chi connectivity index (χ0v) is 19.8. The molecule has 0 saturated carbocycles. The van der Waals surface area contributed by atoms with Crippen LogP contribution in [-0.4, -0.2) is 32.9 Å². The highest BCUT2D eigenvalue weighted by atomic mass is 16.7. The van der Waals surface area contributed by atoms with Crippen LogP contribution in [0.15, 0.2) is 12.3 Å². The molecule has 0 radical (unpaired) electrons. The van der Waals surface area contributed by atoms with Crippen LogP contribution in [0.5, 0.6) is 0 Å². The summed E-state index contributed by atoms with van der Waals surface area (Å²) in [6, 6.07) is 0. The van der Waals surface area contributed by atoms with Gasteiger partial charge in [0.05, 0.1) is 12.9 Å². The van der Waals surface area contributed by atoms with Gasteiger partial charge in [-0.25, -0.2) is 0 Å². The number of allylic oxidation sites excluding steroid dienone is 1. The SMILES string of the molecule is CCCCCCOCOC=CCCCCCCCCCCCC(OCC)OCC. The van der Waals surface area contributed by atoms with E-state index in [-0.39, 0.29) is 6.29 Å². The third-order valence-corrected chi connectivity index (χ3v) is 5.00. The van der Waals surface area contributed by atoms with Gasteiger partial charge in [-0.05, 0) is 52.0 Å². The summed E-state index contributed by atoms with van der Waals surface area (Å²) in [4.78, 5) is 0. The fraction of sp³-hybridized carbons (Fsp3) is 0.920. The molecular weight excluding hydrogens is 364 g/mol. The molecule has 0 unspecified atom stereocenters. The zero-order chi connectivity index (χ0) is 21.3. The van der Waals surface area contributed by atoms with Crippen molar-refractivity contribution >= 4 is 0 Å². The second kappa shape index (κ2) is 25.5. The predicted molar refractivity (Wildman–Crippen MR) is 123 cm³/mol. The number of ether oxygens (including phenoxy) is 4. The Hall–Kier alpha value is -0.580. The van der Waals surface area contributed by atoms with Gasteiger partial charge in [-0.1, -0.05) is 71.1 Å². The smallest absolute Gasteiger partial charge is 0.188 e. The Morgan fingerprint density at radius 2 is 1.24 bits per heavy atom. The lowest BCUT2D eigenvalue weighted by Gasteiger charge is -2.16. The lowest BCUT2D eigenvalue weighted by atomic mass is 10.1. The van der Waals surface area contributed by atoms with E-state index in [1.807, 2.05) is 13.8 Å². The van der Waals surface area contributed by atoms with Crippen molar-refractivity contribution in [1.29, 1.82) is 0 Å². The van der Waals surface area contributed by atoms with Crippen LogP contribution in [0.25, 0.3) is 0 Å². The first kappa shape index (κ1) is 28.4. The molecule has 0 fully saturated rings. The highest BCUT2D eigenvalue weighted by molar-refractivity contribution is 4.72. The monoisotopic (exact) mass is 414 g/mol. The van der Waals surface area contributed by atoms with Crippen molar-refractivity contribution in [1.82, 2.24) is 0 Å². The molecule has 0 heterocycles. The van der Waals surface area contributed by atoms with Gasteiger partial charge in [0.2, 0.25) is 0 Å². The van der Waals surface area contributed by atoms with Gasteiger partial charge in [0.1, 0.15) is 0 Å². The molecule has 0 aromatic carbocycles. The minimum absolute atomic E-state index is 0.00697. The summed E-state index contributed by atoms with van der Waals surface area (Å²) >= 11 is 0. The van der Waals surface area contributed by atoms with E-state index >= 15 is 0 Å². The van der Waals surface area contributed by atoms with Crippen molar-refractivity contribution in [3.8, 4) is 0 Å². The summed E-state index contributed by atoms with van der Waals surface area (Å²) in [6.45, 7) is 8.96. The highest BCUT2D eigenvalue weighted by Crippen LogP contribution is 2.13. The Labute approximate surface area is 181 Å².